The predicted molar refractivity (Wildman–Crippen MR) is 141 cm³/mol. The number of fused-ring (bicyclic) bond motifs is 1. The molecule has 11 heteroatoms. The third-order valence-electron chi connectivity index (χ3n) is 6.11. The van der Waals surface area contributed by atoms with E-state index < -0.39 is 47.9 Å². The van der Waals surface area contributed by atoms with E-state index in [0.717, 1.165) is 22.9 Å². The van der Waals surface area contributed by atoms with E-state index in [0.29, 0.717) is 19.4 Å². The largest absolute Gasteiger partial charge is 0.480 e. The molecule has 37 heavy (non-hydrogen) atoms. The molecule has 0 radical (unpaired) electrons. The van der Waals surface area contributed by atoms with Crippen LogP contribution in [0.25, 0.3) is 10.9 Å². The molecule has 0 saturated carbocycles. The summed E-state index contributed by atoms with van der Waals surface area (Å²) >= 11 is 0. The van der Waals surface area contributed by atoms with Gasteiger partial charge >= 0.3 is 5.97 Å². The maximum absolute atomic E-state index is 13.2. The van der Waals surface area contributed by atoms with E-state index in [-0.39, 0.29) is 18.8 Å². The summed E-state index contributed by atoms with van der Waals surface area (Å²) in [7, 11) is 0. The average molecular weight is 517 g/mol. The maximum atomic E-state index is 13.2. The Hall–Kier alpha value is -3.44. The number of hydrogen-bond donors (Lipinski definition) is 7. The van der Waals surface area contributed by atoms with Gasteiger partial charge in [0.15, 0.2) is 0 Å². The highest BCUT2D eigenvalue weighted by molar-refractivity contribution is 5.94. The number of unbranched alkanes of at least 4 members (excludes halogenated alkanes) is 1. The quantitative estimate of drug-likeness (QED) is 0.170. The second kappa shape index (κ2) is 14.3. The highest BCUT2D eigenvalue weighted by atomic mass is 16.4. The van der Waals surface area contributed by atoms with Crippen LogP contribution in [0.15, 0.2) is 30.5 Å². The Kier molecular flexibility index (Phi) is 11.5. The number of carboxylic acid groups (broad SMARTS) is 1. The Bertz CT molecular complexity index is 1070. The van der Waals surface area contributed by atoms with Crippen LogP contribution in [0.1, 0.15) is 52.0 Å². The van der Waals surface area contributed by atoms with Crippen molar-refractivity contribution in [1.29, 1.82) is 0 Å². The van der Waals surface area contributed by atoms with E-state index >= 15 is 0 Å². The molecule has 9 N–H and O–H groups in total. The molecule has 204 valence electrons. The molecular weight excluding hydrogens is 476 g/mol. The summed E-state index contributed by atoms with van der Waals surface area (Å²) in [5, 5.41) is 18.1. The number of nitrogens with two attached hydrogens (primary N) is 2. The molecule has 0 aliphatic rings. The SMILES string of the molecule is CC(C)CC(NC(=O)C(C)NC(=O)C(Cc1c[nH]c2ccccc12)NC(=O)C(N)CCCCN)C(=O)O. The molecule has 0 aliphatic carbocycles. The number of benzene rings is 1. The lowest BCUT2D eigenvalue weighted by Crippen LogP contribution is -2.57. The van der Waals surface area contributed by atoms with Crippen molar-refractivity contribution in [2.24, 2.45) is 17.4 Å². The summed E-state index contributed by atoms with van der Waals surface area (Å²) in [6.45, 7) is 5.67. The van der Waals surface area contributed by atoms with Crippen molar-refractivity contribution in [3.63, 3.8) is 0 Å². The third-order valence-corrected chi connectivity index (χ3v) is 6.11. The van der Waals surface area contributed by atoms with Crippen molar-refractivity contribution in [2.45, 2.75) is 77.0 Å². The van der Waals surface area contributed by atoms with Gasteiger partial charge in [0.25, 0.3) is 0 Å². The van der Waals surface area contributed by atoms with Gasteiger partial charge in [0.05, 0.1) is 6.04 Å². The van der Waals surface area contributed by atoms with Crippen LogP contribution in [0.2, 0.25) is 0 Å². The van der Waals surface area contributed by atoms with E-state index in [1.54, 1.807) is 6.20 Å². The number of aromatic amines is 1. The normalized spacial score (nSPS) is 14.5. The van der Waals surface area contributed by atoms with Gasteiger partial charge in [0.1, 0.15) is 18.1 Å². The molecule has 0 saturated heterocycles. The van der Waals surface area contributed by atoms with Crippen molar-refractivity contribution in [3.05, 3.63) is 36.0 Å². The number of hydrogen-bond acceptors (Lipinski definition) is 6. The zero-order valence-electron chi connectivity index (χ0n) is 21.8. The minimum Gasteiger partial charge on any atom is -0.480 e. The fourth-order valence-electron chi connectivity index (χ4n) is 4.02. The van der Waals surface area contributed by atoms with Crippen LogP contribution in [0, 0.1) is 5.92 Å². The first kappa shape index (κ1) is 29.8. The summed E-state index contributed by atoms with van der Waals surface area (Å²) in [5.74, 6) is -2.77. The highest BCUT2D eigenvalue weighted by Gasteiger charge is 2.29. The average Bonchev–Trinajstić information content (AvgIpc) is 3.25. The molecule has 4 unspecified atom stereocenters. The van der Waals surface area contributed by atoms with Gasteiger partial charge in [0, 0.05) is 23.5 Å². The molecule has 0 bridgehead atoms. The zero-order chi connectivity index (χ0) is 27.5. The molecule has 2 aromatic rings. The smallest absolute Gasteiger partial charge is 0.326 e. The zero-order valence-corrected chi connectivity index (χ0v) is 21.8. The summed E-state index contributed by atoms with van der Waals surface area (Å²) in [6.07, 6.45) is 4.04. The number of H-pyrrole nitrogens is 1. The van der Waals surface area contributed by atoms with Crippen molar-refractivity contribution >= 4 is 34.6 Å². The molecule has 1 heterocycles. The molecule has 11 nitrogen and oxygen atoms in total. The van der Waals surface area contributed by atoms with Crippen LogP contribution in [0.5, 0.6) is 0 Å². The number of carbonyl (C=O) groups excluding carboxylic acids is 3. The van der Waals surface area contributed by atoms with Crippen LogP contribution in [0.4, 0.5) is 0 Å². The van der Waals surface area contributed by atoms with Gasteiger partial charge in [-0.3, -0.25) is 14.4 Å². The lowest BCUT2D eigenvalue weighted by atomic mass is 10.0. The Morgan fingerprint density at radius 2 is 1.62 bits per heavy atom. The number of nitrogens with one attached hydrogen (secondary N) is 4. The van der Waals surface area contributed by atoms with Crippen molar-refractivity contribution in [2.75, 3.05) is 6.54 Å². The fraction of sp³-hybridized carbons (Fsp3) is 0.538. The number of carboxylic acids is 1. The second-order valence-corrected chi connectivity index (χ2v) is 9.77. The molecule has 0 aliphatic heterocycles. The molecule has 2 rings (SSSR count). The van der Waals surface area contributed by atoms with Gasteiger partial charge in [-0.2, -0.15) is 0 Å². The minimum absolute atomic E-state index is 0.0520. The van der Waals surface area contributed by atoms with E-state index in [9.17, 15) is 24.3 Å². The van der Waals surface area contributed by atoms with Crippen LogP contribution < -0.4 is 27.4 Å². The molecule has 0 spiro atoms. The van der Waals surface area contributed by atoms with Crippen LogP contribution in [-0.4, -0.2) is 64.5 Å². The van der Waals surface area contributed by atoms with Gasteiger partial charge in [-0.05, 0) is 50.3 Å². The number of aliphatic carboxylic acids is 1. The summed E-state index contributed by atoms with van der Waals surface area (Å²) < 4.78 is 0. The van der Waals surface area contributed by atoms with Crippen LogP contribution in [-0.2, 0) is 25.6 Å². The summed E-state index contributed by atoms with van der Waals surface area (Å²) in [6, 6.07) is 3.67. The lowest BCUT2D eigenvalue weighted by molar-refractivity contribution is -0.142. The Balaban J connectivity index is 2.15. The summed E-state index contributed by atoms with van der Waals surface area (Å²) in [4.78, 5) is 53.4. The molecule has 3 amide bonds. The van der Waals surface area contributed by atoms with E-state index in [4.69, 9.17) is 11.5 Å². The first-order valence-corrected chi connectivity index (χ1v) is 12.7. The Morgan fingerprint density at radius 1 is 0.946 bits per heavy atom. The number of aromatic nitrogens is 1. The first-order chi connectivity index (χ1) is 17.5. The Labute approximate surface area is 217 Å². The third kappa shape index (κ3) is 9.18. The Morgan fingerprint density at radius 3 is 2.27 bits per heavy atom. The van der Waals surface area contributed by atoms with Gasteiger partial charge < -0.3 is 37.5 Å². The number of rotatable bonds is 15. The predicted octanol–water partition coefficient (Wildman–Crippen LogP) is 0.772. The molecular formula is C26H40N6O5. The first-order valence-electron chi connectivity index (χ1n) is 12.7. The molecule has 1 aromatic heterocycles. The van der Waals surface area contributed by atoms with Crippen molar-refractivity contribution in [3.8, 4) is 0 Å². The number of carbonyl (C=O) groups is 4. The van der Waals surface area contributed by atoms with Crippen LogP contribution >= 0.6 is 0 Å². The van der Waals surface area contributed by atoms with Gasteiger partial charge in [-0.25, -0.2) is 4.79 Å². The number of amides is 3. The van der Waals surface area contributed by atoms with E-state index in [1.807, 2.05) is 38.1 Å². The lowest BCUT2D eigenvalue weighted by Gasteiger charge is -2.24. The van der Waals surface area contributed by atoms with Gasteiger partial charge in [0.2, 0.25) is 17.7 Å². The molecule has 1 aromatic carbocycles. The van der Waals surface area contributed by atoms with Gasteiger partial charge in [-0.15, -0.1) is 0 Å². The van der Waals surface area contributed by atoms with Crippen LogP contribution in [0.3, 0.4) is 0 Å². The standard InChI is InChI=1S/C26H40N6O5/c1-15(2)12-22(26(36)37)32-23(33)16(3)30-25(35)21(31-24(34)19(28)9-6-7-11-27)13-17-14-29-20-10-5-4-8-18(17)20/h4-5,8,10,14-16,19,21-22,29H,6-7,9,11-13,27-28H2,1-3H3,(H,30,35)(H,31,34)(H,32,33)(H,36,37). The topological polar surface area (TPSA) is 192 Å². The summed E-state index contributed by atoms with van der Waals surface area (Å²) in [5.41, 5.74) is 13.2. The van der Waals surface area contributed by atoms with E-state index in [1.165, 1.54) is 6.92 Å². The fourth-order valence-corrected chi connectivity index (χ4v) is 4.02. The number of para-hydroxylation sites is 1. The van der Waals surface area contributed by atoms with Crippen molar-refractivity contribution < 1.29 is 24.3 Å². The van der Waals surface area contributed by atoms with E-state index in [2.05, 4.69) is 20.9 Å². The van der Waals surface area contributed by atoms with Gasteiger partial charge in [-0.1, -0.05) is 38.5 Å². The molecule has 4 atom stereocenters. The molecule has 0 fully saturated rings. The maximum Gasteiger partial charge on any atom is 0.326 e. The highest BCUT2D eigenvalue weighted by Crippen LogP contribution is 2.19. The second-order valence-electron chi connectivity index (χ2n) is 9.77. The minimum atomic E-state index is -1.14. The monoisotopic (exact) mass is 516 g/mol. The van der Waals surface area contributed by atoms with Crippen molar-refractivity contribution in [1.82, 2.24) is 20.9 Å².